The van der Waals surface area contributed by atoms with Crippen LogP contribution in [0.5, 0.6) is 0 Å². The molecule has 12 nitrogen and oxygen atoms in total. The van der Waals surface area contributed by atoms with Crippen LogP contribution in [0.15, 0.2) is 48.7 Å². The lowest BCUT2D eigenvalue weighted by Gasteiger charge is -2.16. The van der Waals surface area contributed by atoms with E-state index in [0.29, 0.717) is 63.3 Å². The Morgan fingerprint density at radius 3 is 2.32 bits per heavy atom. The Labute approximate surface area is 238 Å². The monoisotopic (exact) mass is 564 g/mol. The number of aliphatic hydroxyl groups excluding tert-OH is 1. The lowest BCUT2D eigenvalue weighted by atomic mass is 9.86. The highest BCUT2D eigenvalue weighted by Crippen LogP contribution is 2.26. The number of fused-ring (bicyclic) bond motifs is 1. The van der Waals surface area contributed by atoms with Gasteiger partial charge in [0.25, 0.3) is 5.91 Å². The zero-order valence-electron chi connectivity index (χ0n) is 23.6. The largest absolute Gasteiger partial charge is 0.394 e. The van der Waals surface area contributed by atoms with Crippen LogP contribution in [0, 0.1) is 5.41 Å². The molecule has 0 saturated carbocycles. The number of hydrogen-bond donors (Lipinski definition) is 3. The van der Waals surface area contributed by atoms with Gasteiger partial charge in [0.1, 0.15) is 5.82 Å². The molecule has 3 N–H and O–H groups in total. The van der Waals surface area contributed by atoms with Crippen molar-refractivity contribution in [2.75, 3.05) is 51.6 Å². The molecule has 0 saturated heterocycles. The van der Waals surface area contributed by atoms with Crippen LogP contribution in [-0.2, 0) is 20.8 Å². The summed E-state index contributed by atoms with van der Waals surface area (Å²) in [6, 6.07) is 12.8. The molecule has 2 heterocycles. The van der Waals surface area contributed by atoms with Gasteiger partial charge >= 0.3 is 0 Å². The number of H-pyrrole nitrogens is 1. The van der Waals surface area contributed by atoms with Gasteiger partial charge in [-0.3, -0.25) is 9.59 Å². The molecule has 0 fully saturated rings. The Balaban J connectivity index is 1.24. The van der Waals surface area contributed by atoms with E-state index in [9.17, 15) is 9.59 Å². The Kier molecular flexibility index (Phi) is 10.3. The van der Waals surface area contributed by atoms with Crippen LogP contribution in [0.25, 0.3) is 22.4 Å². The molecule has 0 unspecified atom stereocenters. The smallest absolute Gasteiger partial charge is 0.277 e. The Morgan fingerprint density at radius 2 is 1.63 bits per heavy atom. The van der Waals surface area contributed by atoms with E-state index < -0.39 is 5.41 Å². The van der Waals surface area contributed by atoms with Crippen LogP contribution < -0.4 is 5.32 Å². The van der Waals surface area contributed by atoms with Crippen molar-refractivity contribution in [1.29, 1.82) is 0 Å². The maximum Gasteiger partial charge on any atom is 0.277 e. The zero-order chi connectivity index (χ0) is 29.2. The van der Waals surface area contributed by atoms with E-state index in [1.807, 2.05) is 51.1 Å². The quantitative estimate of drug-likeness (QED) is 0.146. The summed E-state index contributed by atoms with van der Waals surface area (Å²) in [5.74, 6) is 0.361. The molecule has 4 aromatic rings. The first-order chi connectivity index (χ1) is 19.7. The highest BCUT2D eigenvalue weighted by Gasteiger charge is 2.23. The minimum absolute atomic E-state index is 0.00260. The van der Waals surface area contributed by atoms with Crippen molar-refractivity contribution in [2.24, 2.45) is 5.41 Å². The third kappa shape index (κ3) is 8.51. The number of carbonyl (C=O) groups excluding carboxylic acids is 2. The molecule has 12 heteroatoms. The Morgan fingerprint density at radius 1 is 0.951 bits per heavy atom. The lowest BCUT2D eigenvalue weighted by molar-refractivity contribution is 0.00628. The van der Waals surface area contributed by atoms with Crippen LogP contribution in [0.3, 0.4) is 0 Å². The fourth-order valence-electron chi connectivity index (χ4n) is 3.90. The van der Waals surface area contributed by atoms with Crippen molar-refractivity contribution >= 4 is 28.4 Å². The third-order valence-corrected chi connectivity index (χ3v) is 6.06. The Hall–Kier alpha value is -3.97. The zero-order valence-corrected chi connectivity index (χ0v) is 23.6. The molecule has 0 bridgehead atoms. The highest BCUT2D eigenvalue weighted by molar-refractivity contribution is 6.03. The molecule has 1 amide bonds. The number of aliphatic hydroxyl groups is 1. The van der Waals surface area contributed by atoms with Gasteiger partial charge in [-0.05, 0) is 42.5 Å². The van der Waals surface area contributed by atoms with E-state index in [-0.39, 0.29) is 24.0 Å². The van der Waals surface area contributed by atoms with Crippen molar-refractivity contribution in [3.8, 4) is 11.4 Å². The number of rotatable bonds is 15. The molecule has 0 radical (unpaired) electrons. The van der Waals surface area contributed by atoms with Crippen LogP contribution in [0.2, 0.25) is 0 Å². The van der Waals surface area contributed by atoms with Gasteiger partial charge < -0.3 is 29.6 Å². The van der Waals surface area contributed by atoms with E-state index in [1.54, 1.807) is 23.0 Å². The number of aromatic nitrogens is 5. The van der Waals surface area contributed by atoms with E-state index in [4.69, 9.17) is 19.3 Å². The molecule has 4 rings (SSSR count). The van der Waals surface area contributed by atoms with Gasteiger partial charge in [-0.1, -0.05) is 26.0 Å². The van der Waals surface area contributed by atoms with E-state index in [0.717, 1.165) is 16.6 Å². The number of ketones is 1. The molecule has 0 aliphatic rings. The first kappa shape index (κ1) is 30.0. The van der Waals surface area contributed by atoms with Gasteiger partial charge in [0, 0.05) is 22.2 Å². The summed E-state index contributed by atoms with van der Waals surface area (Å²) in [6.45, 7) is 8.55. The average molecular weight is 565 g/mol. The summed E-state index contributed by atoms with van der Waals surface area (Å²) in [5.41, 5.74) is 3.36. The van der Waals surface area contributed by atoms with Gasteiger partial charge in [0.15, 0.2) is 11.5 Å². The van der Waals surface area contributed by atoms with E-state index in [2.05, 4.69) is 25.6 Å². The number of hydrogen-bond acceptors (Lipinski definition) is 9. The maximum absolute atomic E-state index is 12.7. The average Bonchev–Trinajstić information content (AvgIpc) is 3.60. The van der Waals surface area contributed by atoms with E-state index in [1.165, 1.54) is 0 Å². The first-order valence-corrected chi connectivity index (χ1v) is 13.4. The van der Waals surface area contributed by atoms with E-state index >= 15 is 0 Å². The molecule has 41 heavy (non-hydrogen) atoms. The molecule has 0 aliphatic heterocycles. The SMILES string of the molecule is CC(C)(C)C(=O)c1ccc2[nH]c(-c3ccc(NC(=O)c4cn(CCOCCOCCOCCO)nn4)cc3)nc2c1. The maximum atomic E-state index is 12.7. The van der Waals surface area contributed by atoms with Gasteiger partial charge in [0.05, 0.1) is 70.0 Å². The van der Waals surface area contributed by atoms with Crippen molar-refractivity contribution in [1.82, 2.24) is 25.0 Å². The van der Waals surface area contributed by atoms with Crippen molar-refractivity contribution in [2.45, 2.75) is 27.3 Å². The Bertz CT molecular complexity index is 1440. The predicted octanol–water partition coefficient (Wildman–Crippen LogP) is 3.34. The van der Waals surface area contributed by atoms with Crippen molar-refractivity contribution in [3.63, 3.8) is 0 Å². The van der Waals surface area contributed by atoms with Crippen LogP contribution in [0.1, 0.15) is 41.6 Å². The molecule has 2 aromatic heterocycles. The van der Waals surface area contributed by atoms with Crippen LogP contribution in [0.4, 0.5) is 5.69 Å². The number of anilines is 1. The molecular formula is C29H36N6O6. The molecule has 2 aromatic carbocycles. The number of nitrogens with one attached hydrogen (secondary N) is 2. The number of Topliss-reactive ketones (excluding diaryl/α,β-unsaturated/α-hetero) is 1. The number of ether oxygens (including phenoxy) is 3. The standard InChI is InChI=1S/C29H36N6O6/c1-29(2,3)26(37)21-6-9-23-24(18-21)32-27(31-23)20-4-7-22(8-5-20)30-28(38)25-19-35(34-33-25)10-12-39-14-16-41-17-15-40-13-11-36/h4-9,18-19,36H,10-17H2,1-3H3,(H,30,38)(H,31,32). The summed E-state index contributed by atoms with van der Waals surface area (Å²) >= 11 is 0. The highest BCUT2D eigenvalue weighted by atomic mass is 16.5. The first-order valence-electron chi connectivity index (χ1n) is 13.4. The number of benzene rings is 2. The van der Waals surface area contributed by atoms with Gasteiger partial charge in [0.2, 0.25) is 0 Å². The fourth-order valence-corrected chi connectivity index (χ4v) is 3.90. The second-order valence-electron chi connectivity index (χ2n) is 10.4. The summed E-state index contributed by atoms with van der Waals surface area (Å²) in [4.78, 5) is 33.2. The predicted molar refractivity (Wildman–Crippen MR) is 153 cm³/mol. The third-order valence-electron chi connectivity index (χ3n) is 6.06. The fraction of sp³-hybridized carbons (Fsp3) is 0.414. The summed E-state index contributed by atoms with van der Waals surface area (Å²) in [5, 5.41) is 19.4. The number of aromatic amines is 1. The molecule has 218 valence electrons. The summed E-state index contributed by atoms with van der Waals surface area (Å²) in [7, 11) is 0. The number of nitrogens with zero attached hydrogens (tertiary/aromatic N) is 4. The van der Waals surface area contributed by atoms with Gasteiger partial charge in [-0.15, -0.1) is 5.10 Å². The number of carbonyl (C=O) groups is 2. The van der Waals surface area contributed by atoms with Crippen LogP contribution >= 0.6 is 0 Å². The lowest BCUT2D eigenvalue weighted by Crippen LogP contribution is -2.19. The topological polar surface area (TPSA) is 153 Å². The molecule has 0 spiro atoms. The normalized spacial score (nSPS) is 11.7. The summed E-state index contributed by atoms with van der Waals surface area (Å²) < 4.78 is 17.5. The van der Waals surface area contributed by atoms with Gasteiger partial charge in [-0.2, -0.15) is 0 Å². The molecule has 0 atom stereocenters. The van der Waals surface area contributed by atoms with Crippen molar-refractivity contribution < 1.29 is 28.9 Å². The summed E-state index contributed by atoms with van der Waals surface area (Å²) in [6.07, 6.45) is 1.56. The second-order valence-corrected chi connectivity index (χ2v) is 10.4. The second kappa shape index (κ2) is 14.1. The van der Waals surface area contributed by atoms with Crippen molar-refractivity contribution in [3.05, 3.63) is 59.9 Å². The minimum Gasteiger partial charge on any atom is -0.394 e. The molecule has 0 aliphatic carbocycles. The minimum atomic E-state index is -0.468. The van der Waals surface area contributed by atoms with Gasteiger partial charge in [-0.25, -0.2) is 9.67 Å². The van der Waals surface area contributed by atoms with Crippen LogP contribution in [-0.4, -0.2) is 88.0 Å². The number of imidazole rings is 1. The number of amides is 1. The molecular weight excluding hydrogens is 528 g/mol.